The number of carbonyl (C=O) groups excluding carboxylic acids is 1. The van der Waals surface area contributed by atoms with Gasteiger partial charge < -0.3 is 16.0 Å². The van der Waals surface area contributed by atoms with Crippen LogP contribution in [0.3, 0.4) is 0 Å². The van der Waals surface area contributed by atoms with Crippen LogP contribution in [0, 0.1) is 0 Å². The lowest BCUT2D eigenvalue weighted by atomic mass is 10.1. The molecule has 0 unspecified atom stereocenters. The number of hydrogen-bond donors (Lipinski definition) is 2. The fourth-order valence-electron chi connectivity index (χ4n) is 2.80. The molecule has 2 aromatic rings. The van der Waals surface area contributed by atoms with Crippen molar-refractivity contribution in [2.45, 2.75) is 19.3 Å². The molecule has 23 heavy (non-hydrogen) atoms. The molecule has 120 valence electrons. The predicted octanol–water partition coefficient (Wildman–Crippen LogP) is 4.16. The van der Waals surface area contributed by atoms with Crippen molar-refractivity contribution in [1.82, 2.24) is 0 Å². The molecule has 0 radical (unpaired) electrons. The molecule has 3 N–H and O–H groups in total. The zero-order valence-corrected chi connectivity index (χ0v) is 13.6. The van der Waals surface area contributed by atoms with E-state index in [1.165, 1.54) is 24.9 Å². The molecule has 5 heteroatoms. The van der Waals surface area contributed by atoms with E-state index in [2.05, 4.69) is 22.3 Å². The Kier molecular flexibility index (Phi) is 4.72. The second kappa shape index (κ2) is 6.92. The number of hydrogen-bond acceptors (Lipinski definition) is 3. The summed E-state index contributed by atoms with van der Waals surface area (Å²) < 4.78 is 0. The summed E-state index contributed by atoms with van der Waals surface area (Å²) in [5, 5.41) is 3.33. The molecule has 1 heterocycles. The Labute approximate surface area is 141 Å². The van der Waals surface area contributed by atoms with E-state index in [0.717, 1.165) is 18.8 Å². The Morgan fingerprint density at radius 3 is 2.39 bits per heavy atom. The highest BCUT2D eigenvalue weighted by molar-refractivity contribution is 6.33. The van der Waals surface area contributed by atoms with Gasteiger partial charge in [-0.25, -0.2) is 0 Å². The average molecular weight is 330 g/mol. The van der Waals surface area contributed by atoms with Gasteiger partial charge in [-0.2, -0.15) is 0 Å². The van der Waals surface area contributed by atoms with Crippen molar-refractivity contribution in [2.75, 3.05) is 29.0 Å². The number of halogens is 1. The molecule has 1 aliphatic rings. The Bertz CT molecular complexity index is 694. The summed E-state index contributed by atoms with van der Waals surface area (Å²) in [6.07, 6.45) is 3.81. The van der Waals surface area contributed by atoms with Crippen molar-refractivity contribution < 1.29 is 4.79 Å². The van der Waals surface area contributed by atoms with Crippen LogP contribution >= 0.6 is 11.6 Å². The number of carbonyl (C=O) groups is 1. The number of anilines is 3. The molecule has 0 saturated carbocycles. The molecule has 0 atom stereocenters. The van der Waals surface area contributed by atoms with Crippen LogP contribution in [0.4, 0.5) is 17.1 Å². The summed E-state index contributed by atoms with van der Waals surface area (Å²) >= 11 is 5.88. The van der Waals surface area contributed by atoms with Crippen LogP contribution in [0.1, 0.15) is 29.6 Å². The van der Waals surface area contributed by atoms with E-state index >= 15 is 0 Å². The topological polar surface area (TPSA) is 58.4 Å². The molecule has 0 bridgehead atoms. The fourth-order valence-corrected chi connectivity index (χ4v) is 2.91. The van der Waals surface area contributed by atoms with E-state index in [1.807, 2.05) is 12.1 Å². The molecule has 1 saturated heterocycles. The van der Waals surface area contributed by atoms with E-state index in [-0.39, 0.29) is 5.91 Å². The van der Waals surface area contributed by atoms with Gasteiger partial charge >= 0.3 is 0 Å². The third-order valence-corrected chi connectivity index (χ3v) is 4.45. The SMILES string of the molecule is Nc1cc(C(=O)Nc2ccc(N3CCCCC3)cc2)ccc1Cl. The van der Waals surface area contributed by atoms with Gasteiger partial charge in [0, 0.05) is 30.0 Å². The minimum Gasteiger partial charge on any atom is -0.398 e. The lowest BCUT2D eigenvalue weighted by molar-refractivity contribution is 0.102. The lowest BCUT2D eigenvalue weighted by Gasteiger charge is -2.28. The van der Waals surface area contributed by atoms with Crippen molar-refractivity contribution in [2.24, 2.45) is 0 Å². The molecule has 0 aromatic heterocycles. The smallest absolute Gasteiger partial charge is 0.255 e. The van der Waals surface area contributed by atoms with Crippen LogP contribution in [0.2, 0.25) is 5.02 Å². The van der Waals surface area contributed by atoms with Crippen molar-refractivity contribution in [3.8, 4) is 0 Å². The molecular weight excluding hydrogens is 310 g/mol. The van der Waals surface area contributed by atoms with E-state index in [1.54, 1.807) is 18.2 Å². The Morgan fingerprint density at radius 2 is 1.74 bits per heavy atom. The molecule has 1 fully saturated rings. The van der Waals surface area contributed by atoms with E-state index in [0.29, 0.717) is 16.3 Å². The summed E-state index contributed by atoms with van der Waals surface area (Å²) in [7, 11) is 0. The monoisotopic (exact) mass is 329 g/mol. The highest BCUT2D eigenvalue weighted by Crippen LogP contribution is 2.23. The minimum absolute atomic E-state index is 0.195. The second-order valence-electron chi connectivity index (χ2n) is 5.78. The van der Waals surface area contributed by atoms with Crippen molar-refractivity contribution in [1.29, 1.82) is 0 Å². The van der Waals surface area contributed by atoms with E-state index in [4.69, 9.17) is 17.3 Å². The van der Waals surface area contributed by atoms with Crippen LogP contribution in [0.5, 0.6) is 0 Å². The van der Waals surface area contributed by atoms with Crippen molar-refractivity contribution >= 4 is 34.6 Å². The van der Waals surface area contributed by atoms with Gasteiger partial charge in [0.1, 0.15) is 0 Å². The first-order valence-corrected chi connectivity index (χ1v) is 8.23. The third kappa shape index (κ3) is 3.77. The summed E-state index contributed by atoms with van der Waals surface area (Å²) in [4.78, 5) is 14.6. The maximum Gasteiger partial charge on any atom is 0.255 e. The first-order chi connectivity index (χ1) is 11.1. The maximum absolute atomic E-state index is 12.2. The molecule has 3 rings (SSSR count). The van der Waals surface area contributed by atoms with Gasteiger partial charge in [0.25, 0.3) is 5.91 Å². The van der Waals surface area contributed by atoms with Crippen LogP contribution in [0.15, 0.2) is 42.5 Å². The lowest BCUT2D eigenvalue weighted by Crippen LogP contribution is -2.29. The molecule has 4 nitrogen and oxygen atoms in total. The van der Waals surface area contributed by atoms with Gasteiger partial charge in [-0.15, -0.1) is 0 Å². The van der Waals surface area contributed by atoms with Crippen molar-refractivity contribution in [3.63, 3.8) is 0 Å². The summed E-state index contributed by atoms with van der Waals surface area (Å²) in [6, 6.07) is 12.8. The van der Waals surface area contributed by atoms with Crippen LogP contribution in [0.25, 0.3) is 0 Å². The quantitative estimate of drug-likeness (QED) is 0.831. The zero-order chi connectivity index (χ0) is 16.2. The molecule has 1 aliphatic heterocycles. The Balaban J connectivity index is 1.67. The Morgan fingerprint density at radius 1 is 1.04 bits per heavy atom. The highest BCUT2D eigenvalue weighted by atomic mass is 35.5. The summed E-state index contributed by atoms with van der Waals surface area (Å²) in [5.74, 6) is -0.195. The number of amides is 1. The Hall–Kier alpha value is -2.20. The first kappa shape index (κ1) is 15.7. The minimum atomic E-state index is -0.195. The maximum atomic E-state index is 12.2. The molecule has 2 aromatic carbocycles. The normalized spacial score (nSPS) is 14.6. The van der Waals surface area contributed by atoms with E-state index < -0.39 is 0 Å². The third-order valence-electron chi connectivity index (χ3n) is 4.10. The molecule has 0 aliphatic carbocycles. The predicted molar refractivity (Wildman–Crippen MR) is 96.3 cm³/mol. The number of rotatable bonds is 3. The fraction of sp³-hybridized carbons (Fsp3) is 0.278. The van der Waals surface area contributed by atoms with Crippen molar-refractivity contribution in [3.05, 3.63) is 53.1 Å². The van der Waals surface area contributed by atoms with Gasteiger partial charge in [0.15, 0.2) is 0 Å². The number of benzene rings is 2. The van der Waals surface area contributed by atoms with E-state index in [9.17, 15) is 4.79 Å². The van der Waals surface area contributed by atoms with Gasteiger partial charge in [0.05, 0.1) is 10.7 Å². The largest absolute Gasteiger partial charge is 0.398 e. The molecule has 1 amide bonds. The van der Waals surface area contributed by atoms with Crippen LogP contribution in [-0.2, 0) is 0 Å². The number of nitrogens with two attached hydrogens (primary N) is 1. The van der Waals surface area contributed by atoms with Gasteiger partial charge in [-0.3, -0.25) is 4.79 Å². The highest BCUT2D eigenvalue weighted by Gasteiger charge is 2.11. The number of piperidine rings is 1. The second-order valence-corrected chi connectivity index (χ2v) is 6.19. The van der Waals surface area contributed by atoms with Gasteiger partial charge in [-0.1, -0.05) is 11.6 Å². The summed E-state index contributed by atoms with van der Waals surface area (Å²) in [6.45, 7) is 2.21. The molecular formula is C18H20ClN3O. The summed E-state index contributed by atoms with van der Waals surface area (Å²) in [5.41, 5.74) is 8.61. The standard InChI is InChI=1S/C18H20ClN3O/c19-16-9-4-13(12-17(16)20)18(23)21-14-5-7-15(8-6-14)22-10-2-1-3-11-22/h4-9,12H,1-3,10-11,20H2,(H,21,23). The number of nitrogen functional groups attached to an aromatic ring is 1. The number of nitrogens with one attached hydrogen (secondary N) is 1. The van der Waals surface area contributed by atoms with Gasteiger partial charge in [-0.05, 0) is 61.7 Å². The van der Waals surface area contributed by atoms with Crippen LogP contribution in [-0.4, -0.2) is 19.0 Å². The van der Waals surface area contributed by atoms with Crippen LogP contribution < -0.4 is 16.0 Å². The van der Waals surface area contributed by atoms with Gasteiger partial charge in [0.2, 0.25) is 0 Å². The number of nitrogens with zero attached hydrogens (tertiary/aromatic N) is 1. The zero-order valence-electron chi connectivity index (χ0n) is 12.9. The molecule has 0 spiro atoms. The first-order valence-electron chi connectivity index (χ1n) is 7.85. The average Bonchev–Trinajstić information content (AvgIpc) is 2.59.